The highest BCUT2D eigenvalue weighted by atomic mass is 16.2. The Bertz CT molecular complexity index is 597. The van der Waals surface area contributed by atoms with Crippen molar-refractivity contribution in [1.29, 1.82) is 0 Å². The maximum Gasteiger partial charge on any atom is 0.289 e. The van der Waals surface area contributed by atoms with Crippen LogP contribution in [0.1, 0.15) is 69.6 Å². The molecule has 1 fully saturated rings. The van der Waals surface area contributed by atoms with E-state index in [4.69, 9.17) is 4.79 Å². The Hall–Kier alpha value is -2.64. The van der Waals surface area contributed by atoms with E-state index in [1.54, 1.807) is 12.4 Å². The van der Waals surface area contributed by atoms with E-state index in [-0.39, 0.29) is 24.1 Å². The molecule has 1 unspecified atom stereocenters. The molecule has 0 saturated carbocycles. The number of hydrogen-bond donors (Lipinski definition) is 2. The van der Waals surface area contributed by atoms with Gasteiger partial charge in [-0.05, 0) is 23.8 Å². The van der Waals surface area contributed by atoms with Gasteiger partial charge >= 0.3 is 0 Å². The molecule has 2 heterocycles. The summed E-state index contributed by atoms with van der Waals surface area (Å²) in [6.07, 6.45) is 3.69. The molecule has 1 atom stereocenters. The number of carbonyl (C=O) groups excluding carboxylic acids is 4. The topological polar surface area (TPSA) is 118 Å². The Morgan fingerprint density at radius 2 is 1.65 bits per heavy atom. The van der Waals surface area contributed by atoms with Crippen LogP contribution in [-0.4, -0.2) is 40.5 Å². The standard InChI is InChI=1S/C13H16N4O3.C4H10.CH2O/c1-7(2)8-5-14-11(15-6-8)13(20)16-9-3-4-10(18)17-12(9)19;1-4(2)3;1-2/h5-7,9H,3-4H2,1-2H3,(H,16,20)(H,17,18,19);4H,1-3H3;1H2. The first-order chi connectivity index (χ1) is 12.2. The van der Waals surface area contributed by atoms with Gasteiger partial charge in [-0.25, -0.2) is 9.97 Å². The molecule has 1 aliphatic heterocycles. The van der Waals surface area contributed by atoms with E-state index >= 15 is 0 Å². The van der Waals surface area contributed by atoms with Crippen LogP contribution in [0.2, 0.25) is 0 Å². The molecule has 26 heavy (non-hydrogen) atoms. The molecule has 8 nitrogen and oxygen atoms in total. The lowest BCUT2D eigenvalue weighted by Crippen LogP contribution is -2.52. The Morgan fingerprint density at radius 1 is 1.15 bits per heavy atom. The quantitative estimate of drug-likeness (QED) is 0.787. The van der Waals surface area contributed by atoms with Crippen molar-refractivity contribution in [2.24, 2.45) is 5.92 Å². The number of nitrogens with zero attached hydrogens (tertiary/aromatic N) is 2. The Morgan fingerprint density at radius 3 is 2.08 bits per heavy atom. The van der Waals surface area contributed by atoms with Gasteiger partial charge < -0.3 is 10.1 Å². The van der Waals surface area contributed by atoms with Crippen molar-refractivity contribution in [1.82, 2.24) is 20.6 Å². The van der Waals surface area contributed by atoms with Crippen LogP contribution in [0.5, 0.6) is 0 Å². The fourth-order valence-corrected chi connectivity index (χ4v) is 1.81. The predicted octanol–water partition coefficient (Wildman–Crippen LogP) is 1.61. The third-order valence-electron chi connectivity index (χ3n) is 3.09. The van der Waals surface area contributed by atoms with E-state index in [2.05, 4.69) is 41.4 Å². The predicted molar refractivity (Wildman–Crippen MR) is 97.4 cm³/mol. The number of aromatic nitrogens is 2. The molecule has 0 aromatic carbocycles. The molecule has 1 aromatic rings. The van der Waals surface area contributed by atoms with Crippen molar-refractivity contribution in [2.45, 2.75) is 59.4 Å². The number of rotatable bonds is 3. The molecule has 0 radical (unpaired) electrons. The Labute approximate surface area is 154 Å². The first kappa shape index (κ1) is 23.4. The van der Waals surface area contributed by atoms with E-state index in [0.29, 0.717) is 6.42 Å². The number of carbonyl (C=O) groups is 4. The molecule has 1 saturated heterocycles. The average Bonchev–Trinajstić information content (AvgIpc) is 2.58. The second kappa shape index (κ2) is 11.8. The summed E-state index contributed by atoms with van der Waals surface area (Å²) in [6, 6.07) is -0.714. The number of amides is 3. The molecular formula is C18H28N4O4. The van der Waals surface area contributed by atoms with Crippen LogP contribution in [0.15, 0.2) is 12.4 Å². The van der Waals surface area contributed by atoms with Gasteiger partial charge in [0.1, 0.15) is 12.8 Å². The number of hydrogen-bond acceptors (Lipinski definition) is 6. The number of imide groups is 1. The maximum absolute atomic E-state index is 11.9. The second-order valence-electron chi connectivity index (χ2n) is 6.70. The number of nitrogens with one attached hydrogen (secondary N) is 2. The largest absolute Gasteiger partial charge is 0.337 e. The second-order valence-corrected chi connectivity index (χ2v) is 6.70. The third-order valence-corrected chi connectivity index (χ3v) is 3.09. The third kappa shape index (κ3) is 8.46. The summed E-state index contributed by atoms with van der Waals surface area (Å²) in [5.41, 5.74) is 0.933. The highest BCUT2D eigenvalue weighted by Crippen LogP contribution is 2.11. The first-order valence-corrected chi connectivity index (χ1v) is 8.46. The highest BCUT2D eigenvalue weighted by molar-refractivity contribution is 6.03. The zero-order valence-electron chi connectivity index (χ0n) is 16.0. The van der Waals surface area contributed by atoms with E-state index in [9.17, 15) is 14.4 Å². The van der Waals surface area contributed by atoms with Gasteiger partial charge in [0, 0.05) is 18.8 Å². The Kier molecular flexibility index (Phi) is 10.6. The molecule has 1 aromatic heterocycles. The van der Waals surface area contributed by atoms with Crippen molar-refractivity contribution >= 4 is 24.5 Å². The molecule has 0 spiro atoms. The smallest absolute Gasteiger partial charge is 0.289 e. The molecule has 0 aliphatic carbocycles. The van der Waals surface area contributed by atoms with E-state index in [1.807, 2.05) is 20.6 Å². The van der Waals surface area contributed by atoms with E-state index in [1.165, 1.54) is 0 Å². The van der Waals surface area contributed by atoms with Crippen LogP contribution >= 0.6 is 0 Å². The van der Waals surface area contributed by atoms with Crippen LogP contribution < -0.4 is 10.6 Å². The fourth-order valence-electron chi connectivity index (χ4n) is 1.81. The minimum absolute atomic E-state index is 0.0131. The van der Waals surface area contributed by atoms with Gasteiger partial charge in [-0.1, -0.05) is 34.6 Å². The van der Waals surface area contributed by atoms with Gasteiger partial charge in [-0.3, -0.25) is 19.7 Å². The first-order valence-electron chi connectivity index (χ1n) is 8.46. The monoisotopic (exact) mass is 364 g/mol. The maximum atomic E-state index is 11.9. The van der Waals surface area contributed by atoms with Gasteiger partial charge in [0.15, 0.2) is 0 Å². The van der Waals surface area contributed by atoms with Crippen LogP contribution in [0.25, 0.3) is 0 Å². The summed E-state index contributed by atoms with van der Waals surface area (Å²) in [7, 11) is 0. The van der Waals surface area contributed by atoms with E-state index in [0.717, 1.165) is 11.5 Å². The summed E-state index contributed by atoms with van der Waals surface area (Å²) in [5.74, 6) is -0.206. The lowest BCUT2D eigenvalue weighted by molar-refractivity contribution is -0.134. The van der Waals surface area contributed by atoms with E-state index < -0.39 is 17.9 Å². The van der Waals surface area contributed by atoms with Crippen molar-refractivity contribution in [2.75, 3.05) is 0 Å². The normalized spacial score (nSPS) is 16.0. The van der Waals surface area contributed by atoms with Crippen LogP contribution in [0, 0.1) is 5.92 Å². The molecule has 144 valence electrons. The van der Waals surface area contributed by atoms with Crippen molar-refractivity contribution in [3.63, 3.8) is 0 Å². The van der Waals surface area contributed by atoms with Gasteiger partial charge in [0.25, 0.3) is 5.91 Å². The van der Waals surface area contributed by atoms with Crippen LogP contribution in [-0.2, 0) is 14.4 Å². The number of piperidine rings is 1. The zero-order chi connectivity index (χ0) is 20.3. The average molecular weight is 364 g/mol. The van der Waals surface area contributed by atoms with Gasteiger partial charge in [0.2, 0.25) is 17.6 Å². The zero-order valence-corrected chi connectivity index (χ0v) is 16.0. The minimum Gasteiger partial charge on any atom is -0.337 e. The van der Waals surface area contributed by atoms with Crippen molar-refractivity contribution < 1.29 is 19.2 Å². The van der Waals surface area contributed by atoms with Gasteiger partial charge in [-0.2, -0.15) is 0 Å². The molecule has 0 bridgehead atoms. The summed E-state index contributed by atoms with van der Waals surface area (Å²) in [6.45, 7) is 12.5. The molecule has 3 amide bonds. The lowest BCUT2D eigenvalue weighted by atomic mass is 10.1. The fraction of sp³-hybridized carbons (Fsp3) is 0.556. The summed E-state index contributed by atoms with van der Waals surface area (Å²) in [4.78, 5) is 50.4. The molecular weight excluding hydrogens is 336 g/mol. The molecule has 2 rings (SSSR count). The molecule has 8 heteroatoms. The lowest BCUT2D eigenvalue weighted by Gasteiger charge is -2.21. The van der Waals surface area contributed by atoms with Crippen LogP contribution in [0.3, 0.4) is 0 Å². The molecule has 2 N–H and O–H groups in total. The van der Waals surface area contributed by atoms with Gasteiger partial charge in [-0.15, -0.1) is 0 Å². The summed E-state index contributed by atoms with van der Waals surface area (Å²) < 4.78 is 0. The van der Waals surface area contributed by atoms with Gasteiger partial charge in [0.05, 0.1) is 0 Å². The minimum atomic E-state index is -0.714. The molecule has 1 aliphatic rings. The summed E-state index contributed by atoms with van der Waals surface area (Å²) >= 11 is 0. The Balaban J connectivity index is 0.000000920. The van der Waals surface area contributed by atoms with Crippen molar-refractivity contribution in [3.05, 3.63) is 23.8 Å². The van der Waals surface area contributed by atoms with Crippen molar-refractivity contribution in [3.8, 4) is 0 Å². The SMILES string of the molecule is C=O.CC(C)C.CC(C)c1cnc(C(=O)NC2CCC(=O)NC2=O)nc1. The van der Waals surface area contributed by atoms with Crippen LogP contribution in [0.4, 0.5) is 0 Å². The highest BCUT2D eigenvalue weighted by Gasteiger charge is 2.28. The summed E-state index contributed by atoms with van der Waals surface area (Å²) in [5, 5.41) is 4.70.